The summed E-state index contributed by atoms with van der Waals surface area (Å²) in [5, 5.41) is 0.636. The number of aromatic nitrogens is 1. The molecule has 4 nitrogen and oxygen atoms in total. The normalized spacial score (nSPS) is 17.6. The molecule has 1 amide bonds. The predicted octanol–water partition coefficient (Wildman–Crippen LogP) is 3.43. The van der Waals surface area contributed by atoms with Crippen LogP contribution in [0.25, 0.3) is 6.08 Å². The molecule has 0 aliphatic carbocycles. The van der Waals surface area contributed by atoms with Gasteiger partial charge in [-0.25, -0.2) is 0 Å². The van der Waals surface area contributed by atoms with Crippen LogP contribution in [0.15, 0.2) is 54.9 Å². The molecule has 2 heterocycles. The molecule has 3 rings (SSSR count). The molecule has 1 fully saturated rings. The number of hydrogen-bond acceptors (Lipinski definition) is 3. The highest BCUT2D eigenvalue weighted by Gasteiger charge is 2.26. The van der Waals surface area contributed by atoms with Gasteiger partial charge in [0.25, 0.3) is 0 Å². The van der Waals surface area contributed by atoms with Crippen molar-refractivity contribution in [1.82, 2.24) is 9.88 Å². The van der Waals surface area contributed by atoms with Gasteiger partial charge in [0.15, 0.2) is 0 Å². The van der Waals surface area contributed by atoms with Gasteiger partial charge < -0.3 is 9.64 Å². The summed E-state index contributed by atoms with van der Waals surface area (Å²) >= 11 is 6.08. The maximum absolute atomic E-state index is 12.3. The van der Waals surface area contributed by atoms with Gasteiger partial charge in [0.1, 0.15) is 11.9 Å². The van der Waals surface area contributed by atoms with Gasteiger partial charge in [0.05, 0.1) is 6.54 Å². The lowest BCUT2D eigenvalue weighted by Crippen LogP contribution is -2.29. The molecule has 0 bridgehead atoms. The molecular weight excluding hydrogens is 312 g/mol. The van der Waals surface area contributed by atoms with Gasteiger partial charge in [-0.3, -0.25) is 9.78 Å². The minimum absolute atomic E-state index is 0.0225. The Labute approximate surface area is 140 Å². The van der Waals surface area contributed by atoms with Crippen molar-refractivity contribution in [1.29, 1.82) is 0 Å². The molecule has 5 heteroatoms. The highest BCUT2D eigenvalue weighted by atomic mass is 35.5. The van der Waals surface area contributed by atoms with Gasteiger partial charge >= 0.3 is 0 Å². The fourth-order valence-corrected chi connectivity index (χ4v) is 2.71. The molecule has 1 aromatic heterocycles. The van der Waals surface area contributed by atoms with E-state index >= 15 is 0 Å². The first-order valence-corrected chi connectivity index (χ1v) is 7.88. The van der Waals surface area contributed by atoms with E-state index in [1.54, 1.807) is 35.5 Å². The largest absolute Gasteiger partial charge is 0.488 e. The van der Waals surface area contributed by atoms with Gasteiger partial charge in [-0.15, -0.1) is 0 Å². The van der Waals surface area contributed by atoms with Crippen molar-refractivity contribution >= 4 is 23.6 Å². The monoisotopic (exact) mass is 328 g/mol. The Morgan fingerprint density at radius 1 is 1.26 bits per heavy atom. The number of ether oxygens (including phenoxy) is 1. The number of halogens is 1. The number of rotatable bonds is 4. The van der Waals surface area contributed by atoms with Gasteiger partial charge in [-0.05, 0) is 29.8 Å². The van der Waals surface area contributed by atoms with E-state index in [1.807, 2.05) is 30.3 Å². The number of pyridine rings is 1. The Kier molecular flexibility index (Phi) is 4.93. The first kappa shape index (κ1) is 15.6. The number of carbonyl (C=O) groups is 1. The second-order valence-electron chi connectivity index (χ2n) is 5.35. The van der Waals surface area contributed by atoms with Gasteiger partial charge in [0, 0.05) is 36.5 Å². The topological polar surface area (TPSA) is 42.4 Å². The van der Waals surface area contributed by atoms with Crippen LogP contribution in [0.5, 0.6) is 5.75 Å². The standard InChI is InChI=1S/C18H17ClN2O2/c19-17-4-2-1-3-14(17)5-6-18(22)21-12-9-16(13-21)23-15-7-10-20-11-8-15/h1-8,10-11,16H,9,12-13H2/b6-5+/t16-/m1/s1. The molecule has 1 aromatic carbocycles. The van der Waals surface area contributed by atoms with E-state index in [-0.39, 0.29) is 12.0 Å². The van der Waals surface area contributed by atoms with Crippen molar-refractivity contribution in [2.24, 2.45) is 0 Å². The molecule has 0 unspecified atom stereocenters. The third kappa shape index (κ3) is 4.11. The summed E-state index contributed by atoms with van der Waals surface area (Å²) in [5.41, 5.74) is 0.839. The SMILES string of the molecule is O=C(/C=C/c1ccccc1Cl)N1CC[C@@H](Oc2ccncc2)C1. The van der Waals surface area contributed by atoms with E-state index in [1.165, 1.54) is 0 Å². The molecule has 0 radical (unpaired) electrons. The van der Waals surface area contributed by atoms with Crippen LogP contribution in [0.2, 0.25) is 5.02 Å². The molecule has 1 atom stereocenters. The van der Waals surface area contributed by atoms with Crippen molar-refractivity contribution < 1.29 is 9.53 Å². The average Bonchev–Trinajstić information content (AvgIpc) is 3.03. The van der Waals surface area contributed by atoms with Gasteiger partial charge in [-0.2, -0.15) is 0 Å². The molecule has 0 saturated carbocycles. The van der Waals surface area contributed by atoms with E-state index in [9.17, 15) is 4.79 Å². The molecule has 0 spiro atoms. The molecule has 118 valence electrons. The van der Waals surface area contributed by atoms with E-state index in [0.717, 1.165) is 17.7 Å². The summed E-state index contributed by atoms with van der Waals surface area (Å²) in [6, 6.07) is 11.1. The van der Waals surface area contributed by atoms with Gasteiger partial charge in [0.2, 0.25) is 5.91 Å². The maximum atomic E-state index is 12.3. The molecule has 2 aromatic rings. The fraction of sp³-hybridized carbons (Fsp3) is 0.222. The minimum Gasteiger partial charge on any atom is -0.488 e. The van der Waals surface area contributed by atoms with Crippen LogP contribution >= 0.6 is 11.6 Å². The third-order valence-electron chi connectivity index (χ3n) is 3.72. The summed E-state index contributed by atoms with van der Waals surface area (Å²) in [5.74, 6) is 0.761. The second-order valence-corrected chi connectivity index (χ2v) is 5.76. The molecule has 1 aliphatic heterocycles. The predicted molar refractivity (Wildman–Crippen MR) is 90.3 cm³/mol. The Hall–Kier alpha value is -2.33. The summed E-state index contributed by atoms with van der Waals surface area (Å²) in [6.07, 6.45) is 7.56. The van der Waals surface area contributed by atoms with Crippen molar-refractivity contribution in [3.8, 4) is 5.75 Å². The van der Waals surface area contributed by atoms with Crippen LogP contribution in [0.1, 0.15) is 12.0 Å². The van der Waals surface area contributed by atoms with Crippen LogP contribution in [0.4, 0.5) is 0 Å². The van der Waals surface area contributed by atoms with E-state index in [4.69, 9.17) is 16.3 Å². The van der Waals surface area contributed by atoms with Crippen LogP contribution in [0, 0.1) is 0 Å². The zero-order valence-corrected chi connectivity index (χ0v) is 13.3. The lowest BCUT2D eigenvalue weighted by Gasteiger charge is -2.15. The lowest BCUT2D eigenvalue weighted by molar-refractivity contribution is -0.125. The van der Waals surface area contributed by atoms with Crippen LogP contribution in [-0.2, 0) is 4.79 Å². The van der Waals surface area contributed by atoms with Crippen molar-refractivity contribution in [2.45, 2.75) is 12.5 Å². The Balaban J connectivity index is 1.56. The zero-order chi connectivity index (χ0) is 16.1. The zero-order valence-electron chi connectivity index (χ0n) is 12.6. The summed E-state index contributed by atoms with van der Waals surface area (Å²) in [4.78, 5) is 18.0. The highest BCUT2D eigenvalue weighted by molar-refractivity contribution is 6.32. The Morgan fingerprint density at radius 2 is 2.04 bits per heavy atom. The lowest BCUT2D eigenvalue weighted by atomic mass is 10.2. The first-order valence-electron chi connectivity index (χ1n) is 7.50. The van der Waals surface area contributed by atoms with Crippen LogP contribution < -0.4 is 4.74 Å². The van der Waals surface area contributed by atoms with Crippen LogP contribution in [-0.4, -0.2) is 35.0 Å². The number of likely N-dealkylation sites (tertiary alicyclic amines) is 1. The van der Waals surface area contributed by atoms with Gasteiger partial charge in [-0.1, -0.05) is 29.8 Å². The van der Waals surface area contributed by atoms with Crippen molar-refractivity contribution in [3.05, 3.63) is 65.5 Å². The summed E-state index contributed by atoms with van der Waals surface area (Å²) in [7, 11) is 0. The van der Waals surface area contributed by atoms with E-state index in [0.29, 0.717) is 18.1 Å². The first-order chi connectivity index (χ1) is 11.2. The minimum atomic E-state index is -0.0225. The average molecular weight is 329 g/mol. The number of amides is 1. The Morgan fingerprint density at radius 3 is 2.83 bits per heavy atom. The number of benzene rings is 1. The molecule has 23 heavy (non-hydrogen) atoms. The molecule has 1 saturated heterocycles. The van der Waals surface area contributed by atoms with E-state index in [2.05, 4.69) is 4.98 Å². The molecule has 1 aliphatic rings. The summed E-state index contributed by atoms with van der Waals surface area (Å²) < 4.78 is 5.86. The van der Waals surface area contributed by atoms with Crippen LogP contribution in [0.3, 0.4) is 0 Å². The smallest absolute Gasteiger partial charge is 0.246 e. The maximum Gasteiger partial charge on any atom is 0.246 e. The Bertz CT molecular complexity index is 703. The molecular formula is C18H17ClN2O2. The summed E-state index contributed by atoms with van der Waals surface area (Å²) in [6.45, 7) is 1.29. The second kappa shape index (κ2) is 7.29. The number of carbonyl (C=O) groups excluding carboxylic acids is 1. The fourth-order valence-electron chi connectivity index (χ4n) is 2.51. The highest BCUT2D eigenvalue weighted by Crippen LogP contribution is 2.19. The van der Waals surface area contributed by atoms with E-state index < -0.39 is 0 Å². The van der Waals surface area contributed by atoms with Crippen molar-refractivity contribution in [3.63, 3.8) is 0 Å². The third-order valence-corrected chi connectivity index (χ3v) is 4.06. The number of hydrogen-bond donors (Lipinski definition) is 0. The quantitative estimate of drug-likeness (QED) is 0.808. The van der Waals surface area contributed by atoms with Crippen molar-refractivity contribution in [2.75, 3.05) is 13.1 Å². The number of nitrogens with zero attached hydrogens (tertiary/aromatic N) is 2. The molecule has 0 N–H and O–H groups in total.